The van der Waals surface area contributed by atoms with Crippen LogP contribution in [0.15, 0.2) is 36.5 Å². The van der Waals surface area contributed by atoms with E-state index in [4.69, 9.17) is 15.7 Å². The van der Waals surface area contributed by atoms with E-state index in [1.807, 2.05) is 6.07 Å². The minimum absolute atomic E-state index is 0.155. The topological polar surface area (TPSA) is 84.8 Å². The molecule has 0 atom stereocenters. The quantitative estimate of drug-likeness (QED) is 0.766. The molecule has 0 radical (unpaired) electrons. The molecule has 0 saturated heterocycles. The van der Waals surface area contributed by atoms with E-state index in [1.165, 1.54) is 12.3 Å². The first-order valence-corrected chi connectivity index (χ1v) is 4.55. The van der Waals surface area contributed by atoms with Crippen molar-refractivity contribution in [3.8, 4) is 17.7 Å². The molecule has 1 aromatic carbocycles. The van der Waals surface area contributed by atoms with E-state index in [-0.39, 0.29) is 5.88 Å². The molecular formula is C11H8N4O. The number of benzene rings is 1. The highest BCUT2D eigenvalue weighted by Gasteiger charge is 2.07. The predicted molar refractivity (Wildman–Crippen MR) is 57.7 cm³/mol. The maximum Gasteiger partial charge on any atom is 0.257 e. The summed E-state index contributed by atoms with van der Waals surface area (Å²) < 4.78 is 5.41. The van der Waals surface area contributed by atoms with Gasteiger partial charge in [0, 0.05) is 0 Å². The van der Waals surface area contributed by atoms with Crippen molar-refractivity contribution >= 4 is 5.69 Å². The number of nitrogens with zero attached hydrogens (tertiary/aromatic N) is 3. The van der Waals surface area contributed by atoms with Crippen molar-refractivity contribution in [3.05, 3.63) is 42.1 Å². The van der Waals surface area contributed by atoms with E-state index in [0.29, 0.717) is 17.0 Å². The molecule has 0 unspecified atom stereocenters. The Morgan fingerprint density at radius 3 is 2.81 bits per heavy atom. The average Bonchev–Trinajstić information content (AvgIpc) is 2.33. The number of hydrogen-bond donors (Lipinski definition) is 1. The molecule has 16 heavy (non-hydrogen) atoms. The average molecular weight is 212 g/mol. The summed E-state index contributed by atoms with van der Waals surface area (Å²) in [5.41, 5.74) is 6.51. The van der Waals surface area contributed by atoms with Gasteiger partial charge in [-0.2, -0.15) is 10.4 Å². The van der Waals surface area contributed by atoms with Crippen molar-refractivity contribution in [2.75, 3.05) is 5.73 Å². The molecule has 1 heterocycles. The molecule has 5 nitrogen and oxygen atoms in total. The Bertz CT molecular complexity index is 548. The summed E-state index contributed by atoms with van der Waals surface area (Å²) in [6.07, 6.45) is 1.43. The van der Waals surface area contributed by atoms with Crippen molar-refractivity contribution < 1.29 is 4.74 Å². The SMILES string of the molecule is N#Cc1ccnnc1Oc1ccccc1N. The number of aromatic nitrogens is 2. The zero-order chi connectivity index (χ0) is 11.4. The number of rotatable bonds is 2. The number of ether oxygens (including phenoxy) is 1. The monoisotopic (exact) mass is 212 g/mol. The van der Waals surface area contributed by atoms with Crippen LogP contribution in [0.1, 0.15) is 5.56 Å². The highest BCUT2D eigenvalue weighted by molar-refractivity contribution is 5.54. The summed E-state index contributed by atoms with van der Waals surface area (Å²) in [6.45, 7) is 0. The smallest absolute Gasteiger partial charge is 0.257 e. The molecule has 0 aliphatic carbocycles. The third kappa shape index (κ3) is 1.91. The Labute approximate surface area is 92.1 Å². The molecule has 5 heteroatoms. The van der Waals surface area contributed by atoms with Crippen LogP contribution in [0, 0.1) is 11.3 Å². The fraction of sp³-hybridized carbons (Fsp3) is 0. The standard InChI is InChI=1S/C11H8N4O/c12-7-8-5-6-14-15-11(8)16-10-4-2-1-3-9(10)13/h1-6H,13H2. The third-order valence-electron chi connectivity index (χ3n) is 1.93. The Morgan fingerprint density at radius 2 is 2.06 bits per heavy atom. The first-order chi connectivity index (χ1) is 7.81. The van der Waals surface area contributed by atoms with Crippen molar-refractivity contribution in [2.45, 2.75) is 0 Å². The molecule has 2 N–H and O–H groups in total. The summed E-state index contributed by atoms with van der Waals surface area (Å²) in [5.74, 6) is 0.613. The first kappa shape index (κ1) is 9.93. The highest BCUT2D eigenvalue weighted by Crippen LogP contribution is 2.26. The molecule has 0 fully saturated rings. The van der Waals surface area contributed by atoms with Crippen molar-refractivity contribution in [3.63, 3.8) is 0 Å². The van der Waals surface area contributed by atoms with Crippen molar-refractivity contribution in [1.29, 1.82) is 5.26 Å². The normalized spacial score (nSPS) is 9.44. The predicted octanol–water partition coefficient (Wildman–Crippen LogP) is 1.72. The molecular weight excluding hydrogens is 204 g/mol. The van der Waals surface area contributed by atoms with Crippen LogP contribution in [-0.4, -0.2) is 10.2 Å². The van der Waals surface area contributed by atoms with Gasteiger partial charge in [0.1, 0.15) is 11.6 Å². The molecule has 2 aromatic rings. The largest absolute Gasteiger partial charge is 0.434 e. The second-order valence-corrected chi connectivity index (χ2v) is 3.00. The Kier molecular flexibility index (Phi) is 2.65. The fourth-order valence-electron chi connectivity index (χ4n) is 1.16. The molecule has 0 amide bonds. The van der Waals surface area contributed by atoms with Crippen LogP contribution in [0.25, 0.3) is 0 Å². The van der Waals surface area contributed by atoms with E-state index in [0.717, 1.165) is 0 Å². The molecule has 78 valence electrons. The van der Waals surface area contributed by atoms with E-state index >= 15 is 0 Å². The number of para-hydroxylation sites is 2. The van der Waals surface area contributed by atoms with Crippen molar-refractivity contribution in [2.24, 2.45) is 0 Å². The van der Waals surface area contributed by atoms with Gasteiger partial charge in [0.25, 0.3) is 5.88 Å². The van der Waals surface area contributed by atoms with Gasteiger partial charge in [0.05, 0.1) is 11.9 Å². The van der Waals surface area contributed by atoms with E-state index in [9.17, 15) is 0 Å². The number of nitrogen functional groups attached to an aromatic ring is 1. The molecule has 0 aliphatic heterocycles. The van der Waals surface area contributed by atoms with Crippen molar-refractivity contribution in [1.82, 2.24) is 10.2 Å². The van der Waals surface area contributed by atoms with Gasteiger partial charge in [0.15, 0.2) is 5.75 Å². The Morgan fingerprint density at radius 1 is 1.25 bits per heavy atom. The molecule has 0 bridgehead atoms. The number of anilines is 1. The van der Waals surface area contributed by atoms with Gasteiger partial charge >= 0.3 is 0 Å². The van der Waals surface area contributed by atoms with Crippen LogP contribution in [0.5, 0.6) is 11.6 Å². The van der Waals surface area contributed by atoms with Gasteiger partial charge in [0.2, 0.25) is 0 Å². The van der Waals surface area contributed by atoms with E-state index in [1.54, 1.807) is 24.3 Å². The minimum Gasteiger partial charge on any atom is -0.434 e. The Hall–Kier alpha value is -2.61. The lowest BCUT2D eigenvalue weighted by molar-refractivity contribution is 0.455. The van der Waals surface area contributed by atoms with Crippen LogP contribution < -0.4 is 10.5 Å². The van der Waals surface area contributed by atoms with Gasteiger partial charge in [-0.15, -0.1) is 5.10 Å². The van der Waals surface area contributed by atoms with Gasteiger partial charge in [-0.3, -0.25) is 0 Å². The maximum absolute atomic E-state index is 8.84. The summed E-state index contributed by atoms with van der Waals surface area (Å²) in [4.78, 5) is 0. The van der Waals surface area contributed by atoms with Crippen LogP contribution in [-0.2, 0) is 0 Å². The zero-order valence-corrected chi connectivity index (χ0v) is 8.29. The second kappa shape index (κ2) is 4.28. The van der Waals surface area contributed by atoms with Crippen LogP contribution in [0.2, 0.25) is 0 Å². The lowest BCUT2D eigenvalue weighted by Gasteiger charge is -2.06. The lowest BCUT2D eigenvalue weighted by atomic mass is 10.3. The summed E-state index contributed by atoms with van der Waals surface area (Å²) in [6, 6.07) is 10.5. The number of nitriles is 1. The first-order valence-electron chi connectivity index (χ1n) is 4.55. The number of hydrogen-bond acceptors (Lipinski definition) is 5. The molecule has 2 rings (SSSR count). The summed E-state index contributed by atoms with van der Waals surface area (Å²) in [5, 5.41) is 16.2. The van der Waals surface area contributed by atoms with Gasteiger partial charge in [-0.1, -0.05) is 12.1 Å². The zero-order valence-electron chi connectivity index (χ0n) is 8.29. The molecule has 0 saturated carbocycles. The third-order valence-corrected chi connectivity index (χ3v) is 1.93. The van der Waals surface area contributed by atoms with E-state index in [2.05, 4.69) is 10.2 Å². The highest BCUT2D eigenvalue weighted by atomic mass is 16.5. The number of nitrogens with two attached hydrogens (primary N) is 1. The van der Waals surface area contributed by atoms with Gasteiger partial charge in [-0.05, 0) is 18.2 Å². The van der Waals surface area contributed by atoms with E-state index < -0.39 is 0 Å². The van der Waals surface area contributed by atoms with Gasteiger partial charge < -0.3 is 10.5 Å². The lowest BCUT2D eigenvalue weighted by Crippen LogP contribution is -1.96. The molecule has 0 spiro atoms. The van der Waals surface area contributed by atoms with Crippen LogP contribution in [0.3, 0.4) is 0 Å². The van der Waals surface area contributed by atoms with Crippen LogP contribution >= 0.6 is 0 Å². The Balaban J connectivity index is 2.35. The molecule has 0 aliphatic rings. The minimum atomic E-state index is 0.155. The fourth-order valence-corrected chi connectivity index (χ4v) is 1.16. The maximum atomic E-state index is 8.84. The summed E-state index contributed by atoms with van der Waals surface area (Å²) in [7, 11) is 0. The van der Waals surface area contributed by atoms with Crippen LogP contribution in [0.4, 0.5) is 5.69 Å². The molecule has 1 aromatic heterocycles. The second-order valence-electron chi connectivity index (χ2n) is 3.00. The van der Waals surface area contributed by atoms with Gasteiger partial charge in [-0.25, -0.2) is 0 Å². The summed E-state index contributed by atoms with van der Waals surface area (Å²) >= 11 is 0.